The van der Waals surface area contributed by atoms with Gasteiger partial charge in [0.2, 0.25) is 0 Å². The van der Waals surface area contributed by atoms with Crippen LogP contribution < -0.4 is 4.74 Å². The predicted octanol–water partition coefficient (Wildman–Crippen LogP) is 2.98. The minimum Gasteiger partial charge on any atom is -0.507 e. The van der Waals surface area contributed by atoms with Gasteiger partial charge in [-0.2, -0.15) is 0 Å². The molecule has 0 aliphatic heterocycles. The zero-order valence-corrected chi connectivity index (χ0v) is 11.8. The first-order valence-electron chi connectivity index (χ1n) is 6.42. The monoisotopic (exact) mass is 298 g/mol. The molecule has 2 aromatic carbocycles. The SMILES string of the molecule is COc1ccc(-c2ccc(O)c(C=O)c2)c(/C=C/C(=O)O)c1. The lowest BCUT2D eigenvalue weighted by Gasteiger charge is -2.10. The van der Waals surface area contributed by atoms with E-state index in [9.17, 15) is 14.7 Å². The number of aromatic hydroxyl groups is 1. The zero-order valence-electron chi connectivity index (χ0n) is 11.8. The summed E-state index contributed by atoms with van der Waals surface area (Å²) in [5.74, 6) is -0.578. The molecular weight excluding hydrogens is 284 g/mol. The average Bonchev–Trinajstić information content (AvgIpc) is 2.53. The van der Waals surface area contributed by atoms with Crippen molar-refractivity contribution in [3.05, 3.63) is 53.6 Å². The summed E-state index contributed by atoms with van der Waals surface area (Å²) in [4.78, 5) is 21.7. The van der Waals surface area contributed by atoms with Gasteiger partial charge in [-0.25, -0.2) is 4.79 Å². The summed E-state index contributed by atoms with van der Waals surface area (Å²) in [6, 6.07) is 9.82. The van der Waals surface area contributed by atoms with Crippen LogP contribution in [-0.2, 0) is 4.79 Å². The third kappa shape index (κ3) is 3.32. The van der Waals surface area contributed by atoms with E-state index in [-0.39, 0.29) is 11.3 Å². The Morgan fingerprint density at radius 3 is 2.55 bits per heavy atom. The maximum Gasteiger partial charge on any atom is 0.328 e. The van der Waals surface area contributed by atoms with Crippen LogP contribution in [0.1, 0.15) is 15.9 Å². The van der Waals surface area contributed by atoms with Gasteiger partial charge in [0.1, 0.15) is 11.5 Å². The number of aliphatic carboxylic acids is 1. The Hall–Kier alpha value is -3.08. The van der Waals surface area contributed by atoms with Crippen molar-refractivity contribution in [2.75, 3.05) is 7.11 Å². The minimum absolute atomic E-state index is 0.102. The summed E-state index contributed by atoms with van der Waals surface area (Å²) in [5, 5.41) is 18.4. The third-order valence-electron chi connectivity index (χ3n) is 3.13. The van der Waals surface area contributed by atoms with E-state index >= 15 is 0 Å². The lowest BCUT2D eigenvalue weighted by molar-refractivity contribution is -0.131. The number of aldehydes is 1. The highest BCUT2D eigenvalue weighted by Crippen LogP contribution is 2.31. The molecule has 0 heterocycles. The van der Waals surface area contributed by atoms with Crippen LogP contribution in [0, 0.1) is 0 Å². The highest BCUT2D eigenvalue weighted by molar-refractivity contribution is 5.89. The van der Waals surface area contributed by atoms with Crippen molar-refractivity contribution in [3.63, 3.8) is 0 Å². The van der Waals surface area contributed by atoms with Crippen LogP contribution in [-0.4, -0.2) is 29.6 Å². The molecule has 0 aliphatic rings. The highest BCUT2D eigenvalue weighted by atomic mass is 16.5. The molecule has 0 spiro atoms. The number of phenols is 1. The quantitative estimate of drug-likeness (QED) is 0.655. The Kier molecular flexibility index (Phi) is 4.58. The Labute approximate surface area is 127 Å². The van der Waals surface area contributed by atoms with Gasteiger partial charge in [0, 0.05) is 6.08 Å². The van der Waals surface area contributed by atoms with Crippen molar-refractivity contribution in [1.29, 1.82) is 0 Å². The van der Waals surface area contributed by atoms with Crippen LogP contribution in [0.2, 0.25) is 0 Å². The number of phenolic OH excluding ortho intramolecular Hbond substituents is 1. The molecule has 0 bridgehead atoms. The van der Waals surface area contributed by atoms with Crippen molar-refractivity contribution in [3.8, 4) is 22.6 Å². The molecule has 0 aliphatic carbocycles. The molecule has 0 fully saturated rings. The number of carboxylic acids is 1. The van der Waals surface area contributed by atoms with Crippen molar-refractivity contribution < 1.29 is 24.5 Å². The number of hydrogen-bond acceptors (Lipinski definition) is 4. The van der Waals surface area contributed by atoms with Crippen molar-refractivity contribution in [1.82, 2.24) is 0 Å². The molecule has 0 atom stereocenters. The number of ether oxygens (including phenoxy) is 1. The standard InChI is InChI=1S/C17H14O5/c1-22-14-4-5-15(12(9-14)3-7-17(20)21)11-2-6-16(19)13(8-11)10-18/h2-10,19H,1H3,(H,20,21)/b7-3+. The van der Waals surface area contributed by atoms with Crippen molar-refractivity contribution in [2.45, 2.75) is 0 Å². The number of carboxylic acid groups (broad SMARTS) is 1. The molecule has 2 N–H and O–H groups in total. The second-order valence-corrected chi connectivity index (χ2v) is 4.52. The summed E-state index contributed by atoms with van der Waals surface area (Å²) >= 11 is 0. The molecule has 5 heteroatoms. The van der Waals surface area contributed by atoms with Gasteiger partial charge < -0.3 is 14.9 Å². The minimum atomic E-state index is -1.06. The Balaban J connectivity index is 2.58. The number of carbonyl (C=O) groups excluding carboxylic acids is 1. The maximum absolute atomic E-state index is 10.9. The van der Waals surface area contributed by atoms with Crippen LogP contribution in [0.4, 0.5) is 0 Å². The van der Waals surface area contributed by atoms with Crippen LogP contribution in [0.3, 0.4) is 0 Å². The fourth-order valence-corrected chi connectivity index (χ4v) is 2.05. The number of methoxy groups -OCH3 is 1. The van der Waals surface area contributed by atoms with Gasteiger partial charge in [0.25, 0.3) is 0 Å². The first-order valence-corrected chi connectivity index (χ1v) is 6.42. The van der Waals surface area contributed by atoms with Gasteiger partial charge >= 0.3 is 5.97 Å². The number of rotatable bonds is 5. The molecule has 0 radical (unpaired) electrons. The second-order valence-electron chi connectivity index (χ2n) is 4.52. The van der Waals surface area contributed by atoms with Gasteiger partial charge in [0.05, 0.1) is 12.7 Å². The van der Waals surface area contributed by atoms with Crippen LogP contribution in [0.25, 0.3) is 17.2 Å². The molecule has 0 saturated heterocycles. The Bertz CT molecular complexity index is 747. The van der Waals surface area contributed by atoms with Gasteiger partial charge in [-0.05, 0) is 47.0 Å². The largest absolute Gasteiger partial charge is 0.507 e. The van der Waals surface area contributed by atoms with Crippen molar-refractivity contribution >= 4 is 18.3 Å². The van der Waals surface area contributed by atoms with Gasteiger partial charge in [0.15, 0.2) is 6.29 Å². The Morgan fingerprint density at radius 1 is 1.14 bits per heavy atom. The first kappa shape index (κ1) is 15.3. The summed E-state index contributed by atoms with van der Waals surface area (Å²) < 4.78 is 5.14. The van der Waals surface area contributed by atoms with Gasteiger partial charge in [-0.1, -0.05) is 12.1 Å². The predicted molar refractivity (Wildman–Crippen MR) is 82.2 cm³/mol. The van der Waals surface area contributed by atoms with E-state index in [2.05, 4.69) is 0 Å². The van der Waals surface area contributed by atoms with E-state index in [1.54, 1.807) is 30.3 Å². The number of benzene rings is 2. The fourth-order valence-electron chi connectivity index (χ4n) is 2.05. The topological polar surface area (TPSA) is 83.8 Å². The van der Waals surface area contributed by atoms with E-state index in [0.29, 0.717) is 23.2 Å². The van der Waals surface area contributed by atoms with Crippen LogP contribution in [0.5, 0.6) is 11.5 Å². The summed E-state index contributed by atoms with van der Waals surface area (Å²) in [6.45, 7) is 0. The molecule has 0 unspecified atom stereocenters. The average molecular weight is 298 g/mol. The van der Waals surface area contributed by atoms with E-state index in [4.69, 9.17) is 9.84 Å². The summed E-state index contributed by atoms with van der Waals surface area (Å²) in [7, 11) is 1.52. The molecule has 0 amide bonds. The van der Waals surface area contributed by atoms with Crippen LogP contribution >= 0.6 is 0 Å². The smallest absolute Gasteiger partial charge is 0.328 e. The molecule has 22 heavy (non-hydrogen) atoms. The molecule has 5 nitrogen and oxygen atoms in total. The summed E-state index contributed by atoms with van der Waals surface area (Å²) in [5.41, 5.74) is 2.21. The molecular formula is C17H14O5. The fraction of sp³-hybridized carbons (Fsp3) is 0.0588. The summed E-state index contributed by atoms with van der Waals surface area (Å²) in [6.07, 6.45) is 3.04. The molecule has 2 aromatic rings. The molecule has 112 valence electrons. The lowest BCUT2D eigenvalue weighted by atomic mass is 9.97. The highest BCUT2D eigenvalue weighted by Gasteiger charge is 2.08. The van der Waals surface area contributed by atoms with Crippen LogP contribution in [0.15, 0.2) is 42.5 Å². The van der Waals surface area contributed by atoms with E-state index < -0.39 is 5.97 Å². The van der Waals surface area contributed by atoms with Crippen molar-refractivity contribution in [2.24, 2.45) is 0 Å². The number of hydrogen-bond donors (Lipinski definition) is 2. The first-order chi connectivity index (χ1) is 10.5. The van der Waals surface area contributed by atoms with E-state index in [1.807, 2.05) is 0 Å². The molecule has 2 rings (SSSR count). The molecule has 0 saturated carbocycles. The van der Waals surface area contributed by atoms with Gasteiger partial charge in [-0.15, -0.1) is 0 Å². The number of carbonyl (C=O) groups is 2. The second kappa shape index (κ2) is 6.58. The third-order valence-corrected chi connectivity index (χ3v) is 3.13. The van der Waals surface area contributed by atoms with E-state index in [0.717, 1.165) is 11.6 Å². The zero-order chi connectivity index (χ0) is 16.1. The molecule has 0 aromatic heterocycles. The van der Waals surface area contributed by atoms with Gasteiger partial charge in [-0.3, -0.25) is 4.79 Å². The maximum atomic E-state index is 10.9. The van der Waals surface area contributed by atoms with E-state index in [1.165, 1.54) is 19.3 Å². The lowest BCUT2D eigenvalue weighted by Crippen LogP contribution is -1.91. The normalized spacial score (nSPS) is 10.6. The Morgan fingerprint density at radius 2 is 1.91 bits per heavy atom.